The molecule has 8 nitrogen and oxygen atoms in total. The van der Waals surface area contributed by atoms with Crippen LogP contribution in [0.15, 0.2) is 84.0 Å². The van der Waals surface area contributed by atoms with E-state index in [2.05, 4.69) is 15.3 Å². The van der Waals surface area contributed by atoms with Gasteiger partial charge in [0.05, 0.1) is 17.5 Å². The van der Waals surface area contributed by atoms with Crippen molar-refractivity contribution in [1.29, 1.82) is 5.41 Å². The second kappa shape index (κ2) is 8.74. The maximum Gasteiger partial charge on any atom is 0.267 e. The average Bonchev–Trinajstić information content (AvgIpc) is 2.86. The number of carbonyl (C=O) groups excluding carboxylic acids is 1. The van der Waals surface area contributed by atoms with Gasteiger partial charge in [0, 0.05) is 25.1 Å². The zero-order valence-electron chi connectivity index (χ0n) is 18.5. The number of amides is 1. The number of benzene rings is 1. The molecule has 0 saturated heterocycles. The third-order valence-electron chi connectivity index (χ3n) is 5.69. The lowest BCUT2D eigenvalue weighted by Gasteiger charge is -2.15. The lowest BCUT2D eigenvalue weighted by molar-refractivity contribution is 0.0948. The van der Waals surface area contributed by atoms with Gasteiger partial charge in [0.25, 0.3) is 11.5 Å². The van der Waals surface area contributed by atoms with Crippen LogP contribution in [0.2, 0.25) is 0 Å². The van der Waals surface area contributed by atoms with Gasteiger partial charge >= 0.3 is 0 Å². The van der Waals surface area contributed by atoms with Crippen molar-refractivity contribution >= 4 is 22.6 Å². The number of fused-ring (bicyclic) bond motifs is 2. The first-order valence-corrected chi connectivity index (χ1v) is 10.8. The smallest absolute Gasteiger partial charge is 0.267 e. The molecule has 0 aliphatic rings. The Labute approximate surface area is 194 Å². The van der Waals surface area contributed by atoms with Gasteiger partial charge in [0.1, 0.15) is 16.8 Å². The zero-order chi connectivity index (χ0) is 23.7. The highest BCUT2D eigenvalue weighted by atomic mass is 16.1. The number of aromatic nitrogens is 4. The average molecular weight is 451 g/mol. The lowest BCUT2D eigenvalue weighted by Crippen LogP contribution is -2.35. The van der Waals surface area contributed by atoms with Crippen molar-refractivity contribution in [2.75, 3.05) is 0 Å². The molecule has 5 aromatic rings. The summed E-state index contributed by atoms with van der Waals surface area (Å²) in [5.41, 5.74) is 3.38. The summed E-state index contributed by atoms with van der Waals surface area (Å²) in [4.78, 5) is 35.3. The molecule has 0 fully saturated rings. The van der Waals surface area contributed by atoms with E-state index in [4.69, 9.17) is 5.41 Å². The highest BCUT2D eigenvalue weighted by Gasteiger charge is 2.18. The Morgan fingerprint density at radius 1 is 1.03 bits per heavy atom. The van der Waals surface area contributed by atoms with Crippen LogP contribution in [-0.4, -0.2) is 24.8 Å². The first-order valence-electron chi connectivity index (χ1n) is 10.8. The molecule has 2 N–H and O–H groups in total. The van der Waals surface area contributed by atoms with Gasteiger partial charge in [0.15, 0.2) is 0 Å². The Hall–Kier alpha value is -4.59. The number of hydrogen-bond donors (Lipinski definition) is 2. The van der Waals surface area contributed by atoms with E-state index < -0.39 is 5.91 Å². The van der Waals surface area contributed by atoms with Crippen molar-refractivity contribution in [2.24, 2.45) is 0 Å². The van der Waals surface area contributed by atoms with Crippen LogP contribution in [0.4, 0.5) is 0 Å². The number of nitrogens with one attached hydrogen (secondary N) is 2. The first kappa shape index (κ1) is 21.3. The molecule has 0 aliphatic heterocycles. The summed E-state index contributed by atoms with van der Waals surface area (Å²) in [5.74, 6) is -0.423. The molecular formula is C26H22N6O2. The van der Waals surface area contributed by atoms with Crippen LogP contribution in [0.5, 0.6) is 0 Å². The molecule has 1 aromatic carbocycles. The number of rotatable bonds is 5. The number of hydrogen-bond acceptors (Lipinski definition) is 5. The van der Waals surface area contributed by atoms with Crippen molar-refractivity contribution in [3.8, 4) is 0 Å². The minimum Gasteiger partial charge on any atom is -0.348 e. The third kappa shape index (κ3) is 3.97. The van der Waals surface area contributed by atoms with Crippen LogP contribution in [0.25, 0.3) is 16.7 Å². The van der Waals surface area contributed by atoms with E-state index in [1.165, 1.54) is 10.5 Å². The van der Waals surface area contributed by atoms with Gasteiger partial charge in [-0.05, 0) is 47.9 Å². The molecule has 1 amide bonds. The number of nitrogens with zero attached hydrogens (tertiary/aromatic N) is 4. The molecule has 0 aliphatic carbocycles. The molecule has 168 valence electrons. The van der Waals surface area contributed by atoms with Crippen LogP contribution in [0, 0.1) is 12.3 Å². The minimum absolute atomic E-state index is 0.0155. The van der Waals surface area contributed by atoms with Gasteiger partial charge in [-0.3, -0.25) is 24.4 Å². The van der Waals surface area contributed by atoms with Gasteiger partial charge in [-0.25, -0.2) is 4.98 Å². The second-order valence-corrected chi connectivity index (χ2v) is 8.11. The fourth-order valence-electron chi connectivity index (χ4n) is 3.91. The van der Waals surface area contributed by atoms with Crippen molar-refractivity contribution < 1.29 is 4.79 Å². The molecule has 0 saturated carbocycles. The molecule has 5 rings (SSSR count). The van der Waals surface area contributed by atoms with Gasteiger partial charge in [0.2, 0.25) is 0 Å². The Balaban J connectivity index is 1.69. The first-order chi connectivity index (χ1) is 16.5. The predicted octanol–water partition coefficient (Wildman–Crippen LogP) is 2.81. The van der Waals surface area contributed by atoms with Crippen molar-refractivity contribution in [1.82, 2.24) is 24.3 Å². The fourth-order valence-corrected chi connectivity index (χ4v) is 3.91. The largest absolute Gasteiger partial charge is 0.348 e. The maximum absolute atomic E-state index is 13.4. The summed E-state index contributed by atoms with van der Waals surface area (Å²) < 4.78 is 3.08. The maximum atomic E-state index is 13.4. The van der Waals surface area contributed by atoms with Gasteiger partial charge < -0.3 is 9.88 Å². The van der Waals surface area contributed by atoms with Crippen molar-refractivity contribution in [3.63, 3.8) is 0 Å². The Morgan fingerprint density at radius 3 is 2.56 bits per heavy atom. The molecule has 4 aromatic heterocycles. The molecule has 0 bridgehead atoms. The SMILES string of the molecule is Cc1ccc2nc3c(cc(C(=O)NCc4ccccc4)c(=N)n3Cc3ccncc3)c(=O)n2c1. The van der Waals surface area contributed by atoms with Crippen LogP contribution >= 0.6 is 0 Å². The summed E-state index contributed by atoms with van der Waals surface area (Å²) in [6.07, 6.45) is 5.05. The van der Waals surface area contributed by atoms with Crippen molar-refractivity contribution in [2.45, 2.75) is 20.0 Å². The zero-order valence-corrected chi connectivity index (χ0v) is 18.5. The van der Waals surface area contributed by atoms with E-state index in [1.54, 1.807) is 29.2 Å². The summed E-state index contributed by atoms with van der Waals surface area (Å²) in [6.45, 7) is 2.48. The molecule has 34 heavy (non-hydrogen) atoms. The fraction of sp³-hybridized carbons (Fsp3) is 0.115. The number of carbonyl (C=O) groups is 1. The lowest BCUT2D eigenvalue weighted by atomic mass is 10.1. The molecule has 0 atom stereocenters. The third-order valence-corrected chi connectivity index (χ3v) is 5.69. The molecule has 8 heteroatoms. The minimum atomic E-state index is -0.423. The second-order valence-electron chi connectivity index (χ2n) is 8.11. The normalized spacial score (nSPS) is 11.1. The molecule has 4 heterocycles. The van der Waals surface area contributed by atoms with Crippen molar-refractivity contribution in [3.05, 3.63) is 117 Å². The van der Waals surface area contributed by atoms with Gasteiger partial charge in [-0.2, -0.15) is 0 Å². The quantitative estimate of drug-likeness (QED) is 0.402. The van der Waals surface area contributed by atoms with E-state index in [-0.39, 0.29) is 28.5 Å². The monoisotopic (exact) mass is 450 g/mol. The van der Waals surface area contributed by atoms with E-state index in [0.717, 1.165) is 16.7 Å². The summed E-state index contributed by atoms with van der Waals surface area (Å²) in [5, 5.41) is 12.0. The van der Waals surface area contributed by atoms with Crippen LogP contribution in [0.1, 0.15) is 27.0 Å². The van der Waals surface area contributed by atoms with E-state index in [0.29, 0.717) is 17.8 Å². The molecule has 0 spiro atoms. The van der Waals surface area contributed by atoms with E-state index >= 15 is 0 Å². The van der Waals surface area contributed by atoms with Crippen LogP contribution in [-0.2, 0) is 13.1 Å². The Bertz CT molecular complexity index is 1640. The Kier molecular flexibility index (Phi) is 5.47. The van der Waals surface area contributed by atoms with Crippen LogP contribution in [0.3, 0.4) is 0 Å². The molecule has 0 radical (unpaired) electrons. The molecular weight excluding hydrogens is 428 g/mol. The molecule has 0 unspecified atom stereocenters. The van der Waals surface area contributed by atoms with E-state index in [1.807, 2.05) is 55.5 Å². The Morgan fingerprint density at radius 2 is 1.79 bits per heavy atom. The summed E-state index contributed by atoms with van der Waals surface area (Å²) >= 11 is 0. The van der Waals surface area contributed by atoms with Gasteiger partial charge in [-0.1, -0.05) is 36.4 Å². The number of aryl methyl sites for hydroxylation is 1. The highest BCUT2D eigenvalue weighted by molar-refractivity contribution is 5.96. The number of pyridine rings is 3. The topological polar surface area (TPSA) is 105 Å². The predicted molar refractivity (Wildman–Crippen MR) is 129 cm³/mol. The standard InChI is InChI=1S/C26H22N6O2/c1-17-7-8-22-30-24-21(26(34)31(22)15-17)13-20(25(33)29-14-18-5-3-2-4-6-18)23(27)32(24)16-19-9-11-28-12-10-19/h2-13,15,27H,14,16H2,1H3,(H,29,33). The summed E-state index contributed by atoms with van der Waals surface area (Å²) in [7, 11) is 0. The highest BCUT2D eigenvalue weighted by Crippen LogP contribution is 2.13. The van der Waals surface area contributed by atoms with E-state index in [9.17, 15) is 9.59 Å². The van der Waals surface area contributed by atoms with Crippen LogP contribution < -0.4 is 16.4 Å². The van der Waals surface area contributed by atoms with Gasteiger partial charge in [-0.15, -0.1) is 0 Å². The summed E-state index contributed by atoms with van der Waals surface area (Å²) in [6, 6.07) is 18.3.